The van der Waals surface area contributed by atoms with Gasteiger partial charge in [-0.3, -0.25) is 9.79 Å². The number of hydrogen-bond donors (Lipinski definition) is 1. The van der Waals surface area contributed by atoms with Crippen LogP contribution in [0.4, 0.5) is 10.6 Å². The molecule has 2 atom stereocenters. The Balaban J connectivity index is 1.58. The summed E-state index contributed by atoms with van der Waals surface area (Å²) in [6.45, 7) is 15.1. The van der Waals surface area contributed by atoms with Crippen molar-refractivity contribution >= 4 is 40.8 Å². The molecule has 2 saturated heterocycles. The molecule has 2 amide bonds. The number of carbonyl (C=O) groups excluding carboxylic acids is 2. The summed E-state index contributed by atoms with van der Waals surface area (Å²) in [6.07, 6.45) is 7.86. The second-order valence-electron chi connectivity index (χ2n) is 11.8. The molecule has 10 nitrogen and oxygen atoms in total. The highest BCUT2D eigenvalue weighted by Gasteiger charge is 2.33. The van der Waals surface area contributed by atoms with Crippen molar-refractivity contribution in [2.45, 2.75) is 84.4 Å². The van der Waals surface area contributed by atoms with Crippen LogP contribution in [0.25, 0.3) is 5.65 Å². The zero-order chi connectivity index (χ0) is 29.9. The van der Waals surface area contributed by atoms with E-state index in [-0.39, 0.29) is 23.0 Å². The van der Waals surface area contributed by atoms with Gasteiger partial charge in [0, 0.05) is 61.3 Å². The van der Waals surface area contributed by atoms with E-state index in [1.807, 2.05) is 44.9 Å². The van der Waals surface area contributed by atoms with E-state index in [2.05, 4.69) is 21.8 Å². The number of nitrogens with zero attached hydrogens (tertiary/aromatic N) is 6. The molecule has 2 aromatic heterocycles. The summed E-state index contributed by atoms with van der Waals surface area (Å²) in [5.41, 5.74) is 3.04. The van der Waals surface area contributed by atoms with Gasteiger partial charge in [0.05, 0.1) is 17.3 Å². The summed E-state index contributed by atoms with van der Waals surface area (Å²) < 4.78 is 7.21. The van der Waals surface area contributed by atoms with Crippen molar-refractivity contribution in [2.24, 2.45) is 4.99 Å². The van der Waals surface area contributed by atoms with Gasteiger partial charge in [-0.15, -0.1) is 0 Å². The van der Waals surface area contributed by atoms with Gasteiger partial charge in [-0.2, -0.15) is 5.10 Å². The number of aryl methyl sites for hydroxylation is 1. The standard InChI is InChI=1S/C30H42ClN7O3/c1-19-18-38-26(34-27(19)36-14-10-11-22(36)17-33-29(40)41-30(4,5)6)16-24(35-38)25-12-8-9-13-37(25)28(39)23(15-20(2)31)21(3)32-7/h15-16,18,22,25H,2,8-14,17H2,1,3-7H3,(H,33,40)/b23-15+,32-21?. The van der Waals surface area contributed by atoms with Gasteiger partial charge in [0.1, 0.15) is 11.4 Å². The highest BCUT2D eigenvalue weighted by atomic mass is 35.5. The van der Waals surface area contributed by atoms with Crippen LogP contribution >= 0.6 is 11.6 Å². The second-order valence-corrected chi connectivity index (χ2v) is 12.3. The third-order valence-corrected chi connectivity index (χ3v) is 7.62. The minimum absolute atomic E-state index is 0.121. The van der Waals surface area contributed by atoms with E-state index in [4.69, 9.17) is 26.4 Å². The van der Waals surface area contributed by atoms with Crippen LogP contribution in [0.15, 0.2) is 40.5 Å². The molecule has 11 heteroatoms. The number of allylic oxidation sites excluding steroid dienone is 2. The van der Waals surface area contributed by atoms with Gasteiger partial charge in [-0.1, -0.05) is 18.2 Å². The molecule has 2 unspecified atom stereocenters. The highest BCUT2D eigenvalue weighted by Crippen LogP contribution is 2.33. The highest BCUT2D eigenvalue weighted by molar-refractivity contribution is 6.32. The maximum absolute atomic E-state index is 13.7. The molecule has 41 heavy (non-hydrogen) atoms. The van der Waals surface area contributed by atoms with Crippen molar-refractivity contribution in [3.05, 3.63) is 46.8 Å². The van der Waals surface area contributed by atoms with Crippen LogP contribution in [0, 0.1) is 6.92 Å². The normalized spacial score (nSPS) is 20.5. The molecule has 0 aliphatic carbocycles. The van der Waals surface area contributed by atoms with Crippen LogP contribution < -0.4 is 10.2 Å². The Hall–Kier alpha value is -3.40. The predicted octanol–water partition coefficient (Wildman–Crippen LogP) is 5.35. The monoisotopic (exact) mass is 583 g/mol. The lowest BCUT2D eigenvalue weighted by Gasteiger charge is -2.35. The molecule has 0 spiro atoms. The molecule has 2 aromatic rings. The number of piperidine rings is 1. The fourth-order valence-corrected chi connectivity index (χ4v) is 5.66. The van der Waals surface area contributed by atoms with E-state index >= 15 is 0 Å². The molecule has 2 aliphatic heterocycles. The molecular weight excluding hydrogens is 542 g/mol. The Kier molecular flexibility index (Phi) is 9.41. The lowest BCUT2D eigenvalue weighted by atomic mass is 9.97. The first-order valence-electron chi connectivity index (χ1n) is 14.3. The third-order valence-electron chi connectivity index (χ3n) is 7.52. The molecule has 2 fully saturated rings. The molecule has 222 valence electrons. The number of halogens is 1. The Morgan fingerprint density at radius 1 is 1.24 bits per heavy atom. The summed E-state index contributed by atoms with van der Waals surface area (Å²) in [4.78, 5) is 39.3. The van der Waals surface area contributed by atoms with Crippen LogP contribution in [-0.2, 0) is 9.53 Å². The number of fused-ring (bicyclic) bond motifs is 1. The first-order valence-corrected chi connectivity index (χ1v) is 14.7. The van der Waals surface area contributed by atoms with E-state index in [9.17, 15) is 9.59 Å². The van der Waals surface area contributed by atoms with Crippen molar-refractivity contribution in [1.29, 1.82) is 0 Å². The lowest BCUT2D eigenvalue weighted by Crippen LogP contribution is -2.42. The summed E-state index contributed by atoms with van der Waals surface area (Å²) >= 11 is 6.07. The molecule has 1 N–H and O–H groups in total. The molecule has 0 aromatic carbocycles. The Labute approximate surface area is 247 Å². The number of rotatable bonds is 7. The summed E-state index contributed by atoms with van der Waals surface area (Å²) in [5, 5.41) is 8.07. The lowest BCUT2D eigenvalue weighted by molar-refractivity contribution is -0.130. The number of ether oxygens (including phenoxy) is 1. The van der Waals surface area contributed by atoms with Gasteiger partial charge < -0.3 is 19.9 Å². The smallest absolute Gasteiger partial charge is 0.407 e. The van der Waals surface area contributed by atoms with Crippen LogP contribution in [-0.4, -0.2) is 75.5 Å². The molecule has 0 bridgehead atoms. The van der Waals surface area contributed by atoms with Crippen LogP contribution in [0.1, 0.15) is 77.1 Å². The van der Waals surface area contributed by atoms with E-state index in [1.165, 1.54) is 0 Å². The van der Waals surface area contributed by atoms with Gasteiger partial charge in [-0.05, 0) is 72.8 Å². The second kappa shape index (κ2) is 12.6. The van der Waals surface area contributed by atoms with Crippen molar-refractivity contribution in [3.63, 3.8) is 0 Å². The topological polar surface area (TPSA) is 104 Å². The summed E-state index contributed by atoms with van der Waals surface area (Å²) in [7, 11) is 1.66. The van der Waals surface area contributed by atoms with Crippen molar-refractivity contribution < 1.29 is 14.3 Å². The predicted molar refractivity (Wildman–Crippen MR) is 163 cm³/mol. The average Bonchev–Trinajstić information content (AvgIpc) is 3.54. The average molecular weight is 584 g/mol. The number of likely N-dealkylation sites (tertiary alicyclic amines) is 1. The van der Waals surface area contributed by atoms with Gasteiger partial charge in [0.15, 0.2) is 5.65 Å². The maximum atomic E-state index is 13.7. The number of nitrogens with one attached hydrogen (secondary N) is 1. The van der Waals surface area contributed by atoms with E-state index < -0.39 is 11.7 Å². The number of amides is 2. The van der Waals surface area contributed by atoms with Crippen LogP contribution in [0.5, 0.6) is 0 Å². The molecular formula is C30H42ClN7O3. The minimum atomic E-state index is -0.542. The Bertz CT molecular complexity index is 1370. The van der Waals surface area contributed by atoms with Crippen molar-refractivity contribution in [3.8, 4) is 0 Å². The molecule has 4 rings (SSSR count). The van der Waals surface area contributed by atoms with E-state index in [0.29, 0.717) is 24.4 Å². The zero-order valence-electron chi connectivity index (χ0n) is 25.0. The van der Waals surface area contributed by atoms with Gasteiger partial charge in [0.2, 0.25) is 0 Å². The fourth-order valence-electron chi connectivity index (χ4n) is 5.55. The van der Waals surface area contributed by atoms with E-state index in [0.717, 1.165) is 61.4 Å². The molecule has 4 heterocycles. The SMILES string of the molecule is C=C(Cl)/C=C(/C(=O)N1CCCCC1c1cc2nc(N3CCCC3CNC(=O)OC(C)(C)C)c(C)cn2n1)C(C)=NC. The molecule has 0 saturated carbocycles. The number of anilines is 1. The zero-order valence-corrected chi connectivity index (χ0v) is 25.8. The largest absolute Gasteiger partial charge is 0.444 e. The van der Waals surface area contributed by atoms with Crippen molar-refractivity contribution in [2.75, 3.05) is 31.6 Å². The number of alkyl carbamates (subject to hydrolysis) is 1. The summed E-state index contributed by atoms with van der Waals surface area (Å²) in [5.74, 6) is 0.758. The number of hydrogen-bond acceptors (Lipinski definition) is 7. The number of aliphatic imine (C=N–C) groups is 1. The first kappa shape index (κ1) is 30.6. The van der Waals surface area contributed by atoms with Crippen LogP contribution in [0.2, 0.25) is 0 Å². The maximum Gasteiger partial charge on any atom is 0.407 e. The summed E-state index contributed by atoms with van der Waals surface area (Å²) in [6, 6.07) is 1.92. The third kappa shape index (κ3) is 7.28. The minimum Gasteiger partial charge on any atom is -0.444 e. The van der Waals surface area contributed by atoms with E-state index in [1.54, 1.807) is 24.6 Å². The van der Waals surface area contributed by atoms with Crippen LogP contribution in [0.3, 0.4) is 0 Å². The Morgan fingerprint density at radius 3 is 2.68 bits per heavy atom. The Morgan fingerprint density at radius 2 is 2.00 bits per heavy atom. The van der Waals surface area contributed by atoms with Gasteiger partial charge in [0.25, 0.3) is 5.91 Å². The quantitative estimate of drug-likeness (QED) is 0.267. The van der Waals surface area contributed by atoms with Gasteiger partial charge in [-0.25, -0.2) is 14.3 Å². The fraction of sp³-hybridized carbons (Fsp3) is 0.567. The number of carbonyl (C=O) groups is 2. The first-order chi connectivity index (χ1) is 19.4. The van der Waals surface area contributed by atoms with Crippen molar-refractivity contribution in [1.82, 2.24) is 24.8 Å². The van der Waals surface area contributed by atoms with Gasteiger partial charge >= 0.3 is 6.09 Å². The molecule has 0 radical (unpaired) electrons. The molecule has 2 aliphatic rings. The number of aromatic nitrogens is 3.